The summed E-state index contributed by atoms with van der Waals surface area (Å²) >= 11 is 5.89. The largest absolute Gasteiger partial charge is 0.360 e. The summed E-state index contributed by atoms with van der Waals surface area (Å²) in [6, 6.07) is 16.4. The van der Waals surface area contributed by atoms with Gasteiger partial charge in [-0.3, -0.25) is 15.1 Å². The van der Waals surface area contributed by atoms with Crippen molar-refractivity contribution in [3.8, 4) is 0 Å². The van der Waals surface area contributed by atoms with E-state index in [1.165, 1.54) is 6.33 Å². The Kier molecular flexibility index (Phi) is 5.17. The van der Waals surface area contributed by atoms with Gasteiger partial charge in [-0.2, -0.15) is 0 Å². The van der Waals surface area contributed by atoms with Crippen molar-refractivity contribution in [3.05, 3.63) is 87.8 Å². The molecule has 9 heteroatoms. The van der Waals surface area contributed by atoms with E-state index in [0.29, 0.717) is 17.3 Å². The van der Waals surface area contributed by atoms with E-state index in [1.807, 2.05) is 36.4 Å². The van der Waals surface area contributed by atoms with Crippen molar-refractivity contribution in [2.24, 2.45) is 0 Å². The molecule has 0 bridgehead atoms. The minimum Gasteiger partial charge on any atom is -0.360 e. The normalized spacial score (nSPS) is 10.7. The van der Waals surface area contributed by atoms with Crippen LogP contribution in [0.1, 0.15) is 5.56 Å². The summed E-state index contributed by atoms with van der Waals surface area (Å²) in [5.74, 6) is 0.223. The summed E-state index contributed by atoms with van der Waals surface area (Å²) in [4.78, 5) is 23.7. The maximum atomic E-state index is 11.8. The van der Waals surface area contributed by atoms with Gasteiger partial charge >= 0.3 is 5.69 Å². The van der Waals surface area contributed by atoms with E-state index < -0.39 is 4.92 Å². The number of aromatic nitrogens is 3. The molecule has 8 nitrogen and oxygen atoms in total. The molecule has 0 fully saturated rings. The lowest BCUT2D eigenvalue weighted by atomic mass is 10.2. The van der Waals surface area contributed by atoms with Gasteiger partial charge in [-0.1, -0.05) is 29.8 Å². The monoisotopic (exact) mass is 406 g/mol. The van der Waals surface area contributed by atoms with Crippen LogP contribution in [0.4, 0.5) is 23.0 Å². The Hall–Kier alpha value is -3.78. The number of nitro groups is 1. The van der Waals surface area contributed by atoms with E-state index in [-0.39, 0.29) is 17.3 Å². The fourth-order valence-electron chi connectivity index (χ4n) is 2.90. The smallest absolute Gasteiger partial charge is 0.353 e. The van der Waals surface area contributed by atoms with Gasteiger partial charge in [0.15, 0.2) is 0 Å². The van der Waals surface area contributed by atoms with Crippen molar-refractivity contribution < 1.29 is 4.92 Å². The first-order valence-corrected chi connectivity index (χ1v) is 9.08. The van der Waals surface area contributed by atoms with E-state index in [4.69, 9.17) is 11.6 Å². The number of fused-ring (bicyclic) bond motifs is 1. The van der Waals surface area contributed by atoms with E-state index in [2.05, 4.69) is 25.6 Å². The zero-order valence-corrected chi connectivity index (χ0v) is 15.8. The van der Waals surface area contributed by atoms with Crippen molar-refractivity contribution >= 4 is 45.5 Å². The summed E-state index contributed by atoms with van der Waals surface area (Å²) in [7, 11) is 0. The van der Waals surface area contributed by atoms with Crippen molar-refractivity contribution in [2.75, 3.05) is 10.6 Å². The molecule has 2 aromatic heterocycles. The predicted octanol–water partition coefficient (Wildman–Crippen LogP) is 4.94. The van der Waals surface area contributed by atoms with Crippen LogP contribution < -0.4 is 10.6 Å². The van der Waals surface area contributed by atoms with Gasteiger partial charge in [0, 0.05) is 28.8 Å². The van der Waals surface area contributed by atoms with Gasteiger partial charge in [0.25, 0.3) is 0 Å². The average molecular weight is 407 g/mol. The van der Waals surface area contributed by atoms with Crippen LogP contribution in [0.15, 0.2) is 67.1 Å². The highest BCUT2D eigenvalue weighted by Crippen LogP contribution is 2.33. The first-order valence-electron chi connectivity index (χ1n) is 8.70. The Balaban J connectivity index is 1.66. The molecule has 0 saturated heterocycles. The highest BCUT2D eigenvalue weighted by Gasteiger charge is 2.23. The summed E-state index contributed by atoms with van der Waals surface area (Å²) in [5.41, 5.74) is 2.12. The van der Waals surface area contributed by atoms with Crippen LogP contribution in [0.3, 0.4) is 0 Å². The zero-order valence-electron chi connectivity index (χ0n) is 15.0. The number of anilines is 3. The minimum absolute atomic E-state index is 0.0972. The number of rotatable bonds is 6. The van der Waals surface area contributed by atoms with Crippen molar-refractivity contribution in [1.29, 1.82) is 0 Å². The fraction of sp³-hybridized carbons (Fsp3) is 0.0500. The SMILES string of the molecule is O=[N+]([O-])c1c(NCc2ccc(Cl)cc2)ncnc1Nc1cccc2ncccc12. The van der Waals surface area contributed by atoms with Crippen LogP contribution in [-0.2, 0) is 6.54 Å². The Morgan fingerprint density at radius 3 is 2.55 bits per heavy atom. The Labute approximate surface area is 170 Å². The summed E-state index contributed by atoms with van der Waals surface area (Å²) in [5, 5.41) is 19.3. The molecule has 2 N–H and O–H groups in total. The van der Waals surface area contributed by atoms with Gasteiger partial charge in [0.05, 0.1) is 10.4 Å². The molecule has 0 unspecified atom stereocenters. The Morgan fingerprint density at radius 1 is 0.966 bits per heavy atom. The highest BCUT2D eigenvalue weighted by atomic mass is 35.5. The van der Waals surface area contributed by atoms with Gasteiger partial charge in [-0.05, 0) is 42.0 Å². The maximum absolute atomic E-state index is 11.8. The number of benzene rings is 2. The molecular weight excluding hydrogens is 392 g/mol. The molecule has 0 aliphatic heterocycles. The molecule has 0 atom stereocenters. The topological polar surface area (TPSA) is 106 Å². The van der Waals surface area contributed by atoms with Crippen LogP contribution in [0.5, 0.6) is 0 Å². The van der Waals surface area contributed by atoms with Gasteiger partial charge in [0.2, 0.25) is 11.6 Å². The molecule has 29 heavy (non-hydrogen) atoms. The molecule has 0 spiro atoms. The molecule has 0 aliphatic rings. The number of pyridine rings is 1. The van der Waals surface area contributed by atoms with Crippen molar-refractivity contribution in [2.45, 2.75) is 6.54 Å². The van der Waals surface area contributed by atoms with Crippen LogP contribution in [0.2, 0.25) is 5.02 Å². The second kappa shape index (κ2) is 8.07. The first kappa shape index (κ1) is 18.6. The Bertz CT molecular complexity index is 1180. The van der Waals surface area contributed by atoms with Crippen molar-refractivity contribution in [3.63, 3.8) is 0 Å². The van der Waals surface area contributed by atoms with E-state index in [9.17, 15) is 10.1 Å². The first-order chi connectivity index (χ1) is 14.1. The molecule has 2 aromatic carbocycles. The number of nitrogens with one attached hydrogen (secondary N) is 2. The fourth-order valence-corrected chi connectivity index (χ4v) is 3.03. The third-order valence-electron chi connectivity index (χ3n) is 4.28. The third-order valence-corrected chi connectivity index (χ3v) is 4.53. The van der Waals surface area contributed by atoms with Crippen LogP contribution >= 0.6 is 11.6 Å². The van der Waals surface area contributed by atoms with Crippen LogP contribution in [0, 0.1) is 10.1 Å². The van der Waals surface area contributed by atoms with E-state index in [1.54, 1.807) is 24.4 Å². The second-order valence-corrected chi connectivity index (χ2v) is 6.59. The van der Waals surface area contributed by atoms with E-state index >= 15 is 0 Å². The molecule has 0 amide bonds. The number of halogens is 1. The lowest BCUT2D eigenvalue weighted by Crippen LogP contribution is -2.08. The standard InChI is InChI=1S/C20H15ClN6O2/c21-14-8-6-13(7-9-14)11-23-19-18(27(28)29)20(25-12-24-19)26-17-5-1-4-16-15(17)3-2-10-22-16/h1-10,12H,11H2,(H2,23,24,25,26). The minimum atomic E-state index is -0.504. The van der Waals surface area contributed by atoms with Gasteiger partial charge in [-0.25, -0.2) is 9.97 Å². The third kappa shape index (κ3) is 4.07. The molecule has 144 valence electrons. The van der Waals surface area contributed by atoms with Gasteiger partial charge in [0.1, 0.15) is 6.33 Å². The predicted molar refractivity (Wildman–Crippen MR) is 112 cm³/mol. The Morgan fingerprint density at radius 2 is 1.76 bits per heavy atom. The van der Waals surface area contributed by atoms with Gasteiger partial charge in [-0.15, -0.1) is 0 Å². The van der Waals surface area contributed by atoms with E-state index in [0.717, 1.165) is 16.5 Å². The van der Waals surface area contributed by atoms with Crippen molar-refractivity contribution in [1.82, 2.24) is 15.0 Å². The molecule has 4 aromatic rings. The van der Waals surface area contributed by atoms with Crippen LogP contribution in [0.25, 0.3) is 10.9 Å². The maximum Gasteiger partial charge on any atom is 0.353 e. The number of nitrogens with zero attached hydrogens (tertiary/aromatic N) is 4. The van der Waals surface area contributed by atoms with Crippen LogP contribution in [-0.4, -0.2) is 19.9 Å². The zero-order chi connectivity index (χ0) is 20.2. The number of hydrogen-bond acceptors (Lipinski definition) is 7. The molecule has 0 radical (unpaired) electrons. The lowest BCUT2D eigenvalue weighted by molar-refractivity contribution is -0.383. The summed E-state index contributed by atoms with van der Waals surface area (Å²) in [6.07, 6.45) is 2.97. The highest BCUT2D eigenvalue weighted by molar-refractivity contribution is 6.30. The molecule has 0 saturated carbocycles. The second-order valence-electron chi connectivity index (χ2n) is 6.16. The quantitative estimate of drug-likeness (QED) is 0.345. The average Bonchev–Trinajstić information content (AvgIpc) is 2.73. The summed E-state index contributed by atoms with van der Waals surface area (Å²) < 4.78 is 0. The van der Waals surface area contributed by atoms with Gasteiger partial charge < -0.3 is 10.6 Å². The molecule has 2 heterocycles. The molecule has 4 rings (SSSR count). The lowest BCUT2D eigenvalue weighted by Gasteiger charge is -2.11. The molecular formula is C20H15ClN6O2. The molecule has 0 aliphatic carbocycles. The number of hydrogen-bond donors (Lipinski definition) is 2. The summed E-state index contributed by atoms with van der Waals surface area (Å²) in [6.45, 7) is 0.354.